The first-order valence-electron chi connectivity index (χ1n) is 5.67. The molecular formula is C13H14BrClN2OS. The second-order valence-electron chi connectivity index (χ2n) is 3.97. The second-order valence-corrected chi connectivity index (χ2v) is 6.10. The zero-order valence-corrected chi connectivity index (χ0v) is 13.8. The molecule has 0 N–H and O–H groups in total. The fraction of sp³-hybridized carbons (Fsp3) is 0.308. The monoisotopic (exact) mass is 360 g/mol. The van der Waals surface area contributed by atoms with E-state index < -0.39 is 0 Å². The second kappa shape index (κ2) is 6.68. The first kappa shape index (κ1) is 14.8. The van der Waals surface area contributed by atoms with Gasteiger partial charge in [-0.1, -0.05) is 27.7 Å². The average molecular weight is 362 g/mol. The van der Waals surface area contributed by atoms with Crippen LogP contribution in [0.15, 0.2) is 34.0 Å². The third-order valence-electron chi connectivity index (χ3n) is 2.78. The predicted molar refractivity (Wildman–Crippen MR) is 83.0 cm³/mol. The van der Waals surface area contributed by atoms with Crippen LogP contribution < -0.4 is 4.74 Å². The van der Waals surface area contributed by atoms with Gasteiger partial charge in [0.15, 0.2) is 5.16 Å². The number of imidazole rings is 1. The van der Waals surface area contributed by atoms with Crippen LogP contribution in [0.1, 0.15) is 11.3 Å². The third kappa shape index (κ3) is 3.46. The van der Waals surface area contributed by atoms with E-state index in [1.807, 2.05) is 29.9 Å². The first-order valence-corrected chi connectivity index (χ1v) is 7.98. The number of rotatable bonds is 5. The lowest BCUT2D eigenvalue weighted by molar-refractivity contribution is 0.411. The summed E-state index contributed by atoms with van der Waals surface area (Å²) < 4.78 is 8.43. The number of nitrogens with zero attached hydrogens (tertiary/aromatic N) is 2. The topological polar surface area (TPSA) is 27.1 Å². The maximum Gasteiger partial charge on any atom is 0.168 e. The lowest BCUT2D eigenvalue weighted by atomic mass is 10.2. The normalized spacial score (nSPS) is 10.7. The highest BCUT2D eigenvalue weighted by Gasteiger charge is 2.09. The van der Waals surface area contributed by atoms with E-state index >= 15 is 0 Å². The summed E-state index contributed by atoms with van der Waals surface area (Å²) in [5.41, 5.74) is 2.16. The summed E-state index contributed by atoms with van der Waals surface area (Å²) in [5, 5.41) is 0.956. The molecule has 19 heavy (non-hydrogen) atoms. The Labute approximate surface area is 130 Å². The molecule has 6 heteroatoms. The largest absolute Gasteiger partial charge is 0.496 e. The lowest BCUT2D eigenvalue weighted by Gasteiger charge is -2.09. The Bertz CT molecular complexity index is 574. The number of halogens is 2. The van der Waals surface area contributed by atoms with Crippen molar-refractivity contribution in [3.05, 3.63) is 40.1 Å². The molecule has 0 aliphatic heterocycles. The van der Waals surface area contributed by atoms with Gasteiger partial charge in [0, 0.05) is 22.8 Å². The minimum Gasteiger partial charge on any atom is -0.496 e. The highest BCUT2D eigenvalue weighted by atomic mass is 79.9. The van der Waals surface area contributed by atoms with E-state index in [4.69, 9.17) is 16.3 Å². The van der Waals surface area contributed by atoms with Gasteiger partial charge in [-0.15, -0.1) is 11.6 Å². The molecule has 0 saturated carbocycles. The molecular weight excluding hydrogens is 348 g/mol. The molecule has 1 heterocycles. The highest BCUT2D eigenvalue weighted by molar-refractivity contribution is 9.10. The van der Waals surface area contributed by atoms with Gasteiger partial charge in [-0.3, -0.25) is 0 Å². The number of hydrogen-bond donors (Lipinski definition) is 0. The molecule has 2 rings (SSSR count). The number of thioether (sulfide) groups is 1. The number of hydrogen-bond acceptors (Lipinski definition) is 3. The lowest BCUT2D eigenvalue weighted by Crippen LogP contribution is -1.96. The fourth-order valence-electron chi connectivity index (χ4n) is 1.69. The van der Waals surface area contributed by atoms with Crippen molar-refractivity contribution in [2.75, 3.05) is 7.11 Å². The Morgan fingerprint density at radius 2 is 2.26 bits per heavy atom. The molecule has 3 nitrogen and oxygen atoms in total. The molecule has 1 aromatic carbocycles. The van der Waals surface area contributed by atoms with Gasteiger partial charge in [-0.2, -0.15) is 0 Å². The molecule has 0 unspecified atom stereocenters. The van der Waals surface area contributed by atoms with E-state index in [-0.39, 0.29) is 0 Å². The number of aromatic nitrogens is 2. The van der Waals surface area contributed by atoms with Gasteiger partial charge < -0.3 is 9.30 Å². The van der Waals surface area contributed by atoms with Crippen LogP contribution in [0.4, 0.5) is 0 Å². The summed E-state index contributed by atoms with van der Waals surface area (Å²) in [4.78, 5) is 4.37. The van der Waals surface area contributed by atoms with Gasteiger partial charge in [0.25, 0.3) is 0 Å². The Hall–Kier alpha value is -0.650. The van der Waals surface area contributed by atoms with Crippen molar-refractivity contribution in [3.63, 3.8) is 0 Å². The molecule has 102 valence electrons. The van der Waals surface area contributed by atoms with E-state index in [1.54, 1.807) is 18.9 Å². The molecule has 0 amide bonds. The molecule has 0 bridgehead atoms. The number of alkyl halides is 1. The van der Waals surface area contributed by atoms with Crippen molar-refractivity contribution in [1.29, 1.82) is 0 Å². The zero-order chi connectivity index (χ0) is 13.8. The smallest absolute Gasteiger partial charge is 0.168 e. The zero-order valence-electron chi connectivity index (χ0n) is 10.7. The van der Waals surface area contributed by atoms with E-state index in [9.17, 15) is 0 Å². The quantitative estimate of drug-likeness (QED) is 0.589. The Balaban J connectivity index is 2.13. The van der Waals surface area contributed by atoms with E-state index in [1.165, 1.54) is 0 Å². The van der Waals surface area contributed by atoms with Crippen LogP contribution >= 0.6 is 39.3 Å². The number of methoxy groups -OCH3 is 1. The maximum atomic E-state index is 5.83. The molecule has 0 fully saturated rings. The van der Waals surface area contributed by atoms with Gasteiger partial charge in [0.2, 0.25) is 0 Å². The van der Waals surface area contributed by atoms with Crippen molar-refractivity contribution in [1.82, 2.24) is 9.55 Å². The van der Waals surface area contributed by atoms with Crippen molar-refractivity contribution in [3.8, 4) is 5.75 Å². The Morgan fingerprint density at radius 3 is 2.89 bits per heavy atom. The standard InChI is InChI=1S/C13H14BrClN2OS/c1-17-11(6-15)7-16-13(17)19-8-9-5-10(14)3-4-12(9)18-2/h3-5,7H,6,8H2,1-2H3. The molecule has 0 aliphatic rings. The first-order chi connectivity index (χ1) is 9.15. The molecule has 0 radical (unpaired) electrons. The van der Waals surface area contributed by atoms with Crippen molar-refractivity contribution < 1.29 is 4.74 Å². The van der Waals surface area contributed by atoms with Gasteiger partial charge in [0.1, 0.15) is 5.75 Å². The SMILES string of the molecule is COc1ccc(Br)cc1CSc1ncc(CCl)n1C. The molecule has 0 aliphatic carbocycles. The summed E-state index contributed by atoms with van der Waals surface area (Å²) in [7, 11) is 3.66. The van der Waals surface area contributed by atoms with Crippen LogP contribution in [-0.2, 0) is 18.7 Å². The van der Waals surface area contributed by atoms with Crippen molar-refractivity contribution >= 4 is 39.3 Å². The number of ether oxygens (including phenoxy) is 1. The molecule has 0 saturated heterocycles. The maximum absolute atomic E-state index is 5.83. The number of benzene rings is 1. The fourth-order valence-corrected chi connectivity index (χ4v) is 3.29. The van der Waals surface area contributed by atoms with Gasteiger partial charge >= 0.3 is 0 Å². The van der Waals surface area contributed by atoms with Crippen LogP contribution in [0.3, 0.4) is 0 Å². The predicted octanol–water partition coefficient (Wildman–Crippen LogP) is 4.22. The molecule has 0 spiro atoms. The van der Waals surface area contributed by atoms with Crippen LogP contribution in [0.2, 0.25) is 0 Å². The minimum atomic E-state index is 0.476. The van der Waals surface area contributed by atoms with Gasteiger partial charge in [-0.25, -0.2) is 4.98 Å². The average Bonchev–Trinajstić information content (AvgIpc) is 2.77. The summed E-state index contributed by atoms with van der Waals surface area (Å²) in [6.07, 6.45) is 1.81. The van der Waals surface area contributed by atoms with E-state index in [0.29, 0.717) is 5.88 Å². The van der Waals surface area contributed by atoms with E-state index in [2.05, 4.69) is 27.0 Å². The summed E-state index contributed by atoms with van der Waals surface area (Å²) in [5.74, 6) is 2.17. The van der Waals surface area contributed by atoms with Crippen molar-refractivity contribution in [2.45, 2.75) is 16.8 Å². The Morgan fingerprint density at radius 1 is 1.47 bits per heavy atom. The molecule has 0 atom stereocenters. The van der Waals surface area contributed by atoms with Gasteiger partial charge in [-0.05, 0) is 18.2 Å². The van der Waals surface area contributed by atoms with Gasteiger partial charge in [0.05, 0.1) is 24.9 Å². The highest BCUT2D eigenvalue weighted by Crippen LogP contribution is 2.29. The summed E-state index contributed by atoms with van der Waals surface area (Å²) in [6, 6.07) is 6.00. The van der Waals surface area contributed by atoms with Crippen LogP contribution in [-0.4, -0.2) is 16.7 Å². The van der Waals surface area contributed by atoms with Crippen LogP contribution in [0.25, 0.3) is 0 Å². The third-order valence-corrected chi connectivity index (χ3v) is 4.64. The Kier molecular flexibility index (Phi) is 5.19. The minimum absolute atomic E-state index is 0.476. The summed E-state index contributed by atoms with van der Waals surface area (Å²) in [6.45, 7) is 0. The van der Waals surface area contributed by atoms with Crippen LogP contribution in [0.5, 0.6) is 5.75 Å². The molecule has 2 aromatic rings. The van der Waals surface area contributed by atoms with Crippen molar-refractivity contribution in [2.24, 2.45) is 7.05 Å². The molecule has 1 aromatic heterocycles. The van der Waals surface area contributed by atoms with E-state index in [0.717, 1.165) is 32.4 Å². The summed E-state index contributed by atoms with van der Waals surface area (Å²) >= 11 is 11.0. The van der Waals surface area contributed by atoms with Crippen LogP contribution in [0, 0.1) is 0 Å².